The Kier molecular flexibility index (Phi) is 2.59. The number of benzene rings is 2. The Morgan fingerprint density at radius 1 is 1.17 bits per heavy atom. The molecule has 0 saturated heterocycles. The summed E-state index contributed by atoms with van der Waals surface area (Å²) < 4.78 is 5.75. The Hall–Kier alpha value is -1.49. The highest BCUT2D eigenvalue weighted by molar-refractivity contribution is 6.62. The van der Waals surface area contributed by atoms with Gasteiger partial charge in [-0.3, -0.25) is 0 Å². The summed E-state index contributed by atoms with van der Waals surface area (Å²) in [6, 6.07) is 8.83. The van der Waals surface area contributed by atoms with Gasteiger partial charge in [-0.2, -0.15) is 0 Å². The maximum atomic E-state index is 9.41. The highest BCUT2D eigenvalue weighted by atomic mass is 35.5. The summed E-state index contributed by atoms with van der Waals surface area (Å²) >= 11 is 6.06. The molecule has 0 radical (unpaired) electrons. The van der Waals surface area contributed by atoms with E-state index in [4.69, 9.17) is 16.0 Å². The molecule has 3 aromatic rings. The van der Waals surface area contributed by atoms with Gasteiger partial charge in [-0.25, -0.2) is 0 Å². The fourth-order valence-corrected chi connectivity index (χ4v) is 2.39. The molecule has 0 atom stereocenters. The van der Waals surface area contributed by atoms with Gasteiger partial charge in [-0.1, -0.05) is 23.7 Å². The smallest absolute Gasteiger partial charge is 0.456 e. The molecular weight excluding hydrogens is 250 g/mol. The van der Waals surface area contributed by atoms with Crippen LogP contribution in [0.5, 0.6) is 0 Å². The summed E-state index contributed by atoms with van der Waals surface area (Å²) in [5.74, 6) is 0. The second-order valence-corrected chi connectivity index (χ2v) is 4.65. The van der Waals surface area contributed by atoms with Crippen molar-refractivity contribution in [2.24, 2.45) is 0 Å². The van der Waals surface area contributed by atoms with Crippen molar-refractivity contribution in [3.05, 3.63) is 40.9 Å². The van der Waals surface area contributed by atoms with E-state index in [-0.39, 0.29) is 0 Å². The lowest BCUT2D eigenvalue weighted by atomic mass is 9.77. The van der Waals surface area contributed by atoms with Crippen molar-refractivity contribution in [1.29, 1.82) is 0 Å². The van der Waals surface area contributed by atoms with Crippen LogP contribution in [-0.4, -0.2) is 17.2 Å². The molecule has 2 N–H and O–H groups in total. The summed E-state index contributed by atoms with van der Waals surface area (Å²) in [6.45, 7) is 1.88. The lowest BCUT2D eigenvalue weighted by molar-refractivity contribution is 0.426. The van der Waals surface area contributed by atoms with E-state index in [9.17, 15) is 10.0 Å². The number of rotatable bonds is 1. The molecule has 1 heterocycles. The number of hydrogen-bond donors (Lipinski definition) is 2. The zero-order chi connectivity index (χ0) is 12.9. The molecule has 0 aliphatic heterocycles. The molecule has 90 valence electrons. The molecule has 0 saturated carbocycles. The molecule has 0 fully saturated rings. The monoisotopic (exact) mass is 260 g/mol. The van der Waals surface area contributed by atoms with Crippen LogP contribution in [0.25, 0.3) is 21.9 Å². The fourth-order valence-electron chi connectivity index (χ4n) is 2.24. The number of hydrogen-bond acceptors (Lipinski definition) is 3. The minimum Gasteiger partial charge on any atom is -0.456 e. The quantitative estimate of drug-likeness (QED) is 0.660. The summed E-state index contributed by atoms with van der Waals surface area (Å²) in [6.07, 6.45) is 0. The van der Waals surface area contributed by atoms with Crippen molar-refractivity contribution in [3.8, 4) is 0 Å². The molecule has 0 unspecified atom stereocenters. The SMILES string of the molecule is Cc1c(Cl)ccc2c1oc1cccc(B(O)O)c12. The second-order valence-electron chi connectivity index (χ2n) is 4.25. The zero-order valence-electron chi connectivity index (χ0n) is 9.64. The van der Waals surface area contributed by atoms with Crippen LogP contribution in [0.2, 0.25) is 5.02 Å². The van der Waals surface area contributed by atoms with E-state index in [0.29, 0.717) is 21.7 Å². The zero-order valence-corrected chi connectivity index (χ0v) is 10.4. The van der Waals surface area contributed by atoms with Crippen LogP contribution in [0.4, 0.5) is 0 Å². The molecule has 1 aromatic heterocycles. The third-order valence-corrected chi connectivity index (χ3v) is 3.57. The van der Waals surface area contributed by atoms with Crippen molar-refractivity contribution in [1.82, 2.24) is 0 Å². The van der Waals surface area contributed by atoms with Crippen LogP contribution in [0.15, 0.2) is 34.7 Å². The maximum Gasteiger partial charge on any atom is 0.489 e. The Bertz CT molecular complexity index is 749. The average molecular weight is 260 g/mol. The Labute approximate surface area is 109 Å². The average Bonchev–Trinajstić information content (AvgIpc) is 2.73. The predicted molar refractivity (Wildman–Crippen MR) is 73.3 cm³/mol. The lowest BCUT2D eigenvalue weighted by Crippen LogP contribution is -2.30. The van der Waals surface area contributed by atoms with Crippen molar-refractivity contribution in [2.45, 2.75) is 6.92 Å². The van der Waals surface area contributed by atoms with Gasteiger partial charge in [0.15, 0.2) is 0 Å². The first-order valence-electron chi connectivity index (χ1n) is 5.56. The third-order valence-electron chi connectivity index (χ3n) is 3.16. The van der Waals surface area contributed by atoms with Crippen LogP contribution in [0.3, 0.4) is 0 Å². The van der Waals surface area contributed by atoms with Gasteiger partial charge in [0.25, 0.3) is 0 Å². The van der Waals surface area contributed by atoms with Crippen LogP contribution in [0, 0.1) is 6.92 Å². The van der Waals surface area contributed by atoms with E-state index in [0.717, 1.165) is 16.3 Å². The predicted octanol–water partition coefficient (Wildman–Crippen LogP) is 2.23. The molecule has 2 aromatic carbocycles. The third kappa shape index (κ3) is 1.54. The van der Waals surface area contributed by atoms with Crippen LogP contribution in [-0.2, 0) is 0 Å². The van der Waals surface area contributed by atoms with Crippen LogP contribution >= 0.6 is 11.6 Å². The summed E-state index contributed by atoms with van der Waals surface area (Å²) in [4.78, 5) is 0. The highest BCUT2D eigenvalue weighted by Gasteiger charge is 2.20. The van der Waals surface area contributed by atoms with Crippen molar-refractivity contribution >= 4 is 46.1 Å². The van der Waals surface area contributed by atoms with Gasteiger partial charge in [-0.05, 0) is 30.6 Å². The number of halogens is 1. The molecule has 0 aliphatic carbocycles. The maximum absolute atomic E-state index is 9.41. The largest absolute Gasteiger partial charge is 0.489 e. The molecule has 18 heavy (non-hydrogen) atoms. The minimum atomic E-state index is -1.52. The summed E-state index contributed by atoms with van der Waals surface area (Å²) in [5, 5.41) is 21.0. The van der Waals surface area contributed by atoms with Gasteiger partial charge in [-0.15, -0.1) is 0 Å². The standard InChI is InChI=1S/C13H10BClO3/c1-7-10(15)6-5-8-12-9(14(16)17)3-2-4-11(12)18-13(7)8/h2-6,16-17H,1H3. The molecule has 0 bridgehead atoms. The van der Waals surface area contributed by atoms with Crippen molar-refractivity contribution in [3.63, 3.8) is 0 Å². The van der Waals surface area contributed by atoms with Crippen LogP contribution < -0.4 is 5.46 Å². The Balaban J connectivity index is 2.53. The number of fused-ring (bicyclic) bond motifs is 3. The highest BCUT2D eigenvalue weighted by Crippen LogP contribution is 2.32. The normalized spacial score (nSPS) is 11.3. The first kappa shape index (κ1) is 11.6. The topological polar surface area (TPSA) is 53.6 Å². The fraction of sp³-hybridized carbons (Fsp3) is 0.0769. The van der Waals surface area contributed by atoms with Gasteiger partial charge in [0, 0.05) is 21.4 Å². The molecule has 3 rings (SSSR count). The van der Waals surface area contributed by atoms with E-state index in [2.05, 4.69) is 0 Å². The van der Waals surface area contributed by atoms with Crippen molar-refractivity contribution in [2.75, 3.05) is 0 Å². The number of aryl methyl sites for hydroxylation is 1. The Morgan fingerprint density at radius 2 is 1.94 bits per heavy atom. The van der Waals surface area contributed by atoms with Gasteiger partial charge in [0.05, 0.1) is 0 Å². The van der Waals surface area contributed by atoms with Crippen molar-refractivity contribution < 1.29 is 14.5 Å². The Morgan fingerprint density at radius 3 is 2.67 bits per heavy atom. The van der Waals surface area contributed by atoms with Gasteiger partial charge >= 0.3 is 7.12 Å². The van der Waals surface area contributed by atoms with E-state index < -0.39 is 7.12 Å². The van der Waals surface area contributed by atoms with E-state index in [1.807, 2.05) is 13.0 Å². The molecule has 0 spiro atoms. The summed E-state index contributed by atoms with van der Waals surface area (Å²) in [5.41, 5.74) is 2.60. The second kappa shape index (κ2) is 4.02. The molecule has 0 amide bonds. The number of furan rings is 1. The molecule has 5 heteroatoms. The molecule has 0 aliphatic rings. The first-order valence-corrected chi connectivity index (χ1v) is 5.93. The molecular formula is C13H10BClO3. The van der Waals surface area contributed by atoms with Crippen LogP contribution in [0.1, 0.15) is 5.56 Å². The van der Waals surface area contributed by atoms with Gasteiger partial charge in [0.2, 0.25) is 0 Å². The van der Waals surface area contributed by atoms with Gasteiger partial charge in [0.1, 0.15) is 11.2 Å². The first-order chi connectivity index (χ1) is 8.59. The lowest BCUT2D eigenvalue weighted by Gasteiger charge is -2.01. The molecule has 3 nitrogen and oxygen atoms in total. The van der Waals surface area contributed by atoms with E-state index in [1.54, 1.807) is 24.3 Å². The minimum absolute atomic E-state index is 0.438. The van der Waals surface area contributed by atoms with E-state index >= 15 is 0 Å². The van der Waals surface area contributed by atoms with Gasteiger partial charge < -0.3 is 14.5 Å². The van der Waals surface area contributed by atoms with E-state index in [1.165, 1.54) is 0 Å². The summed E-state index contributed by atoms with van der Waals surface area (Å²) in [7, 11) is -1.52.